The van der Waals surface area contributed by atoms with Gasteiger partial charge < -0.3 is 18.9 Å². The van der Waals surface area contributed by atoms with Crippen molar-refractivity contribution in [1.29, 1.82) is 0 Å². The molecule has 0 spiro atoms. The van der Waals surface area contributed by atoms with E-state index in [0.29, 0.717) is 0 Å². The van der Waals surface area contributed by atoms with E-state index in [4.69, 9.17) is 0 Å². The maximum Gasteiger partial charge on any atom is 0.0546 e. The summed E-state index contributed by atoms with van der Waals surface area (Å²) in [6.07, 6.45) is 0. The van der Waals surface area contributed by atoms with Crippen molar-refractivity contribution in [2.75, 3.05) is 9.80 Å². The summed E-state index contributed by atoms with van der Waals surface area (Å²) in [6.45, 7) is 9.53. The predicted octanol–water partition coefficient (Wildman–Crippen LogP) is 25.7. The van der Waals surface area contributed by atoms with E-state index in [1.165, 1.54) is 132 Å². The molecular weight excluding hydrogens is 1190 g/mol. The summed E-state index contributed by atoms with van der Waals surface area (Å²) in [6, 6.07) is 123. The number of aromatic nitrogens is 2. The molecule has 20 rings (SSSR count). The van der Waals surface area contributed by atoms with Crippen LogP contribution in [0.4, 0.5) is 34.1 Å². The fourth-order valence-corrected chi connectivity index (χ4v) is 17.5. The summed E-state index contributed by atoms with van der Waals surface area (Å²) >= 11 is 0. The molecule has 2 aliphatic carbocycles. The van der Waals surface area contributed by atoms with E-state index < -0.39 is 0 Å². The highest BCUT2D eigenvalue weighted by Gasteiger charge is 2.38. The van der Waals surface area contributed by atoms with Crippen LogP contribution in [0.15, 0.2) is 328 Å². The van der Waals surface area contributed by atoms with E-state index in [1.54, 1.807) is 0 Å². The zero-order chi connectivity index (χ0) is 65.1. The van der Waals surface area contributed by atoms with Crippen LogP contribution in [0.2, 0.25) is 0 Å². The third-order valence-corrected chi connectivity index (χ3v) is 22.0. The van der Waals surface area contributed by atoms with Crippen LogP contribution in [0.25, 0.3) is 132 Å². The molecule has 4 heteroatoms. The summed E-state index contributed by atoms with van der Waals surface area (Å²) in [4.78, 5) is 5.07. The molecule has 0 amide bonds. The molecule has 0 bridgehead atoms. The SMILES string of the molecule is CC1(C)c2ccccc2-c2cc(-c3cc(N(c4ccccc4)c4ccc5c(c4)c4ccccc4n5-c4ccccc4)c4ccc5c(-c6ccc7c(c6)-c6ccccc6C7(C)C)cc(N(c6ccccc6)c6ccc7c(c6)c6ccccc6n7-c6ccccc6)c6ccc3c4c56)ccc21. The van der Waals surface area contributed by atoms with Gasteiger partial charge in [-0.1, -0.05) is 234 Å². The van der Waals surface area contributed by atoms with Gasteiger partial charge in [0.1, 0.15) is 0 Å². The molecule has 0 saturated heterocycles. The van der Waals surface area contributed by atoms with Gasteiger partial charge in [-0.2, -0.15) is 0 Å². The summed E-state index contributed by atoms with van der Waals surface area (Å²) in [5, 5.41) is 12.0. The molecule has 0 N–H and O–H groups in total. The average Bonchev–Trinajstić information content (AvgIpc) is 1.38. The van der Waals surface area contributed by atoms with E-state index in [2.05, 4.69) is 374 Å². The number of anilines is 6. The molecular formula is C94H66N4. The zero-order valence-corrected chi connectivity index (χ0v) is 55.0. The monoisotopic (exact) mass is 1250 g/mol. The molecule has 2 aromatic heterocycles. The largest absolute Gasteiger partial charge is 0.310 e. The van der Waals surface area contributed by atoms with E-state index in [9.17, 15) is 0 Å². The number of benzene rings is 16. The number of para-hydroxylation sites is 6. The van der Waals surface area contributed by atoms with Gasteiger partial charge in [0.05, 0.1) is 33.4 Å². The lowest BCUT2D eigenvalue weighted by Crippen LogP contribution is -2.14. The second kappa shape index (κ2) is 21.1. The molecule has 16 aromatic carbocycles. The Morgan fingerprint density at radius 2 is 0.571 bits per heavy atom. The first-order valence-electron chi connectivity index (χ1n) is 34.3. The summed E-state index contributed by atoms with van der Waals surface area (Å²) in [7, 11) is 0. The van der Waals surface area contributed by atoms with E-state index in [-0.39, 0.29) is 10.8 Å². The molecule has 4 nitrogen and oxygen atoms in total. The summed E-state index contributed by atoms with van der Waals surface area (Å²) < 4.78 is 4.83. The van der Waals surface area contributed by atoms with Gasteiger partial charge in [0.2, 0.25) is 0 Å². The highest BCUT2D eigenvalue weighted by atomic mass is 15.2. The van der Waals surface area contributed by atoms with Crippen LogP contribution in [0, 0.1) is 0 Å². The molecule has 0 aliphatic heterocycles. The van der Waals surface area contributed by atoms with Crippen molar-refractivity contribution >= 4 is 110 Å². The Morgan fingerprint density at radius 1 is 0.224 bits per heavy atom. The second-order valence-electron chi connectivity index (χ2n) is 27.9. The van der Waals surface area contributed by atoms with Gasteiger partial charge >= 0.3 is 0 Å². The zero-order valence-electron chi connectivity index (χ0n) is 55.0. The molecule has 18 aromatic rings. The molecule has 98 heavy (non-hydrogen) atoms. The lowest BCUT2D eigenvalue weighted by molar-refractivity contribution is 0.660. The minimum absolute atomic E-state index is 0.152. The lowest BCUT2D eigenvalue weighted by atomic mass is 9.81. The minimum Gasteiger partial charge on any atom is -0.310 e. The van der Waals surface area contributed by atoms with Crippen LogP contribution in [0.5, 0.6) is 0 Å². The van der Waals surface area contributed by atoms with E-state index in [0.717, 1.165) is 56.5 Å². The van der Waals surface area contributed by atoms with Crippen LogP contribution in [-0.4, -0.2) is 9.13 Å². The maximum atomic E-state index is 2.54. The van der Waals surface area contributed by atoms with Crippen molar-refractivity contribution in [3.8, 4) is 55.9 Å². The number of nitrogens with zero attached hydrogens (tertiary/aromatic N) is 4. The van der Waals surface area contributed by atoms with Crippen LogP contribution >= 0.6 is 0 Å². The standard InChI is InChI=1S/C94H66N4/c1-93(2)81-37-21-17-33-67(81)77-53-59(41-49-83(77)93)75-57-89(95(61-25-9-5-10-26-61)65-43-51-87-79(55-65)69-35-19-23-39-85(69)97(87)63-29-13-7-14-30-63)73-48-46-72-76(60-42-50-84-78(54-60)68-34-18-22-38-82(68)94(84,3)4)58-90(74-47-45-71(75)91(73)92(72)74)96(62-27-11-6-12-28-62)66-44-52-88-80(56-66)70-36-20-24-40-86(70)98(88)64-31-15-8-16-32-64/h5-58H,1-4H3. The van der Waals surface area contributed by atoms with Crippen molar-refractivity contribution in [2.24, 2.45) is 0 Å². The van der Waals surface area contributed by atoms with E-state index >= 15 is 0 Å². The number of fused-ring (bicyclic) bond motifs is 12. The molecule has 462 valence electrons. The van der Waals surface area contributed by atoms with Crippen LogP contribution < -0.4 is 9.80 Å². The average molecular weight is 1250 g/mol. The molecule has 0 atom stereocenters. The first-order chi connectivity index (χ1) is 48.2. The summed E-state index contributed by atoms with van der Waals surface area (Å²) in [5.74, 6) is 0. The fraction of sp³-hybridized carbons (Fsp3) is 0.0638. The topological polar surface area (TPSA) is 16.3 Å². The van der Waals surface area contributed by atoms with Gasteiger partial charge in [-0.05, 0) is 199 Å². The maximum absolute atomic E-state index is 2.54. The number of hydrogen-bond donors (Lipinski definition) is 0. The van der Waals surface area contributed by atoms with Gasteiger partial charge in [-0.15, -0.1) is 0 Å². The molecule has 0 radical (unpaired) electrons. The Kier molecular flexibility index (Phi) is 12.1. The Hall–Kier alpha value is -12.2. The molecule has 0 unspecified atom stereocenters. The lowest BCUT2D eigenvalue weighted by Gasteiger charge is -2.31. The Balaban J connectivity index is 0.914. The fourth-order valence-electron chi connectivity index (χ4n) is 17.5. The van der Waals surface area contributed by atoms with Gasteiger partial charge in [0.15, 0.2) is 0 Å². The number of rotatable bonds is 10. The van der Waals surface area contributed by atoms with Gasteiger partial charge in [0, 0.05) is 88.0 Å². The van der Waals surface area contributed by atoms with Crippen LogP contribution in [0.1, 0.15) is 49.9 Å². The second-order valence-corrected chi connectivity index (χ2v) is 27.9. The smallest absolute Gasteiger partial charge is 0.0546 e. The van der Waals surface area contributed by atoms with Crippen LogP contribution in [-0.2, 0) is 10.8 Å². The Morgan fingerprint density at radius 3 is 1.00 bits per heavy atom. The first kappa shape index (κ1) is 56.1. The Bertz CT molecular complexity index is 5910. The van der Waals surface area contributed by atoms with Crippen molar-refractivity contribution < 1.29 is 0 Å². The molecule has 2 aliphatic rings. The van der Waals surface area contributed by atoms with Crippen molar-refractivity contribution in [3.63, 3.8) is 0 Å². The normalized spacial score (nSPS) is 13.5. The van der Waals surface area contributed by atoms with Gasteiger partial charge in [-0.25, -0.2) is 0 Å². The van der Waals surface area contributed by atoms with Crippen LogP contribution in [0.3, 0.4) is 0 Å². The van der Waals surface area contributed by atoms with Gasteiger partial charge in [-0.3, -0.25) is 0 Å². The van der Waals surface area contributed by atoms with Gasteiger partial charge in [0.25, 0.3) is 0 Å². The minimum atomic E-state index is -0.152. The summed E-state index contributed by atoms with van der Waals surface area (Å²) in [5.41, 5.74) is 28.5. The van der Waals surface area contributed by atoms with E-state index in [1.807, 2.05) is 0 Å². The first-order valence-corrected chi connectivity index (χ1v) is 34.3. The third kappa shape index (κ3) is 8.12. The Labute approximate surface area is 569 Å². The molecule has 2 heterocycles. The predicted molar refractivity (Wildman–Crippen MR) is 414 cm³/mol. The molecule has 0 saturated carbocycles. The molecule has 0 fully saturated rings. The quantitative estimate of drug-likeness (QED) is 0.127. The number of hydrogen-bond acceptors (Lipinski definition) is 2. The van der Waals surface area contributed by atoms with Crippen molar-refractivity contribution in [2.45, 2.75) is 38.5 Å². The van der Waals surface area contributed by atoms with Crippen molar-refractivity contribution in [3.05, 3.63) is 350 Å². The van der Waals surface area contributed by atoms with Crippen molar-refractivity contribution in [1.82, 2.24) is 9.13 Å². The third-order valence-electron chi connectivity index (χ3n) is 22.0. The highest BCUT2D eigenvalue weighted by Crippen LogP contribution is 2.57. The highest BCUT2D eigenvalue weighted by molar-refractivity contribution is 6.33.